The molecular formula is C18H23F2N3O2. The Balaban J connectivity index is 1.63. The van der Waals surface area contributed by atoms with Gasteiger partial charge in [-0.2, -0.15) is 0 Å². The summed E-state index contributed by atoms with van der Waals surface area (Å²) in [5.74, 6) is -1.08. The van der Waals surface area contributed by atoms with Crippen molar-refractivity contribution < 1.29 is 18.4 Å². The van der Waals surface area contributed by atoms with Crippen molar-refractivity contribution in [2.24, 2.45) is 11.8 Å². The molecule has 2 unspecified atom stereocenters. The van der Waals surface area contributed by atoms with E-state index in [0.717, 1.165) is 31.6 Å². The molecular weight excluding hydrogens is 328 g/mol. The number of amides is 3. The van der Waals surface area contributed by atoms with Crippen molar-refractivity contribution in [3.63, 3.8) is 0 Å². The molecule has 0 saturated carbocycles. The van der Waals surface area contributed by atoms with Gasteiger partial charge in [0, 0.05) is 37.9 Å². The molecule has 0 spiro atoms. The highest BCUT2D eigenvalue weighted by atomic mass is 19.2. The van der Waals surface area contributed by atoms with Gasteiger partial charge in [0.2, 0.25) is 5.91 Å². The smallest absolute Gasteiger partial charge is 0.325 e. The molecule has 0 aromatic heterocycles. The number of hydrogen-bond donors (Lipinski definition) is 0. The molecule has 2 aliphatic rings. The summed E-state index contributed by atoms with van der Waals surface area (Å²) in [6.45, 7) is 6.46. The zero-order chi connectivity index (χ0) is 18.1. The number of rotatable bonds is 3. The van der Waals surface area contributed by atoms with Crippen molar-refractivity contribution in [3.05, 3.63) is 29.8 Å². The summed E-state index contributed by atoms with van der Waals surface area (Å²) in [7, 11) is 0. The van der Waals surface area contributed by atoms with Gasteiger partial charge in [0.05, 0.1) is 0 Å². The van der Waals surface area contributed by atoms with Gasteiger partial charge in [-0.3, -0.25) is 9.69 Å². The molecule has 2 fully saturated rings. The third kappa shape index (κ3) is 3.75. The third-order valence-corrected chi connectivity index (χ3v) is 4.86. The highest BCUT2D eigenvalue weighted by Gasteiger charge is 2.33. The quantitative estimate of drug-likeness (QED) is 0.840. The van der Waals surface area contributed by atoms with E-state index in [1.807, 2.05) is 4.90 Å². The van der Waals surface area contributed by atoms with Crippen LogP contribution in [0.3, 0.4) is 0 Å². The largest absolute Gasteiger partial charge is 0.341 e. The number of urea groups is 1. The molecule has 5 nitrogen and oxygen atoms in total. The Hall–Kier alpha value is -2.18. The van der Waals surface area contributed by atoms with Gasteiger partial charge in [-0.25, -0.2) is 13.6 Å². The van der Waals surface area contributed by atoms with E-state index >= 15 is 0 Å². The van der Waals surface area contributed by atoms with Crippen LogP contribution in [0.1, 0.15) is 20.3 Å². The molecule has 0 bridgehead atoms. The summed E-state index contributed by atoms with van der Waals surface area (Å²) in [6, 6.07) is 3.03. The lowest BCUT2D eigenvalue weighted by Gasteiger charge is -2.35. The Labute approximate surface area is 146 Å². The van der Waals surface area contributed by atoms with Crippen LogP contribution in [0.5, 0.6) is 0 Å². The van der Waals surface area contributed by atoms with Crippen LogP contribution in [-0.2, 0) is 4.79 Å². The van der Waals surface area contributed by atoms with Crippen LogP contribution in [-0.4, -0.2) is 54.5 Å². The predicted octanol–water partition coefficient (Wildman–Crippen LogP) is 2.71. The van der Waals surface area contributed by atoms with E-state index in [9.17, 15) is 18.4 Å². The molecule has 1 aromatic rings. The van der Waals surface area contributed by atoms with Crippen molar-refractivity contribution >= 4 is 17.6 Å². The van der Waals surface area contributed by atoms with Gasteiger partial charge in [-0.15, -0.1) is 0 Å². The fourth-order valence-corrected chi connectivity index (χ4v) is 3.75. The summed E-state index contributed by atoms with van der Waals surface area (Å²) in [4.78, 5) is 29.7. The molecule has 136 valence electrons. The van der Waals surface area contributed by atoms with Gasteiger partial charge in [-0.05, 0) is 30.4 Å². The van der Waals surface area contributed by atoms with Gasteiger partial charge in [0.1, 0.15) is 6.54 Å². The Morgan fingerprint density at radius 1 is 1.12 bits per heavy atom. The Morgan fingerprint density at radius 2 is 1.80 bits per heavy atom. The summed E-state index contributed by atoms with van der Waals surface area (Å²) in [5, 5.41) is 0. The number of carbonyl (C=O) groups excluding carboxylic acids is 2. The molecule has 25 heavy (non-hydrogen) atoms. The average molecular weight is 351 g/mol. The Bertz CT molecular complexity index is 672. The number of piperidine rings is 1. The first-order valence-electron chi connectivity index (χ1n) is 8.64. The van der Waals surface area contributed by atoms with Crippen LogP contribution in [0.4, 0.5) is 19.3 Å². The number of anilines is 1. The van der Waals surface area contributed by atoms with E-state index in [4.69, 9.17) is 0 Å². The summed E-state index contributed by atoms with van der Waals surface area (Å²) < 4.78 is 26.5. The normalized spacial score (nSPS) is 24.2. The third-order valence-electron chi connectivity index (χ3n) is 4.86. The number of halogens is 2. The van der Waals surface area contributed by atoms with E-state index in [1.165, 1.54) is 15.9 Å². The number of hydrogen-bond acceptors (Lipinski definition) is 2. The summed E-state index contributed by atoms with van der Waals surface area (Å²) >= 11 is 0. The lowest BCUT2D eigenvalue weighted by Crippen LogP contribution is -2.47. The first-order valence-corrected chi connectivity index (χ1v) is 8.64. The monoisotopic (exact) mass is 351 g/mol. The predicted molar refractivity (Wildman–Crippen MR) is 90.2 cm³/mol. The van der Waals surface area contributed by atoms with Crippen LogP contribution in [0.15, 0.2) is 18.2 Å². The van der Waals surface area contributed by atoms with Crippen LogP contribution in [0, 0.1) is 23.5 Å². The minimum absolute atomic E-state index is 0.0262. The average Bonchev–Trinajstić information content (AvgIpc) is 2.90. The van der Waals surface area contributed by atoms with Crippen LogP contribution < -0.4 is 4.90 Å². The number of benzene rings is 1. The van der Waals surface area contributed by atoms with Crippen molar-refractivity contribution in [3.8, 4) is 0 Å². The van der Waals surface area contributed by atoms with Gasteiger partial charge in [-0.1, -0.05) is 13.8 Å². The minimum Gasteiger partial charge on any atom is -0.341 e. The van der Waals surface area contributed by atoms with Gasteiger partial charge >= 0.3 is 6.03 Å². The van der Waals surface area contributed by atoms with Crippen LogP contribution in [0.2, 0.25) is 0 Å². The van der Waals surface area contributed by atoms with Crippen LogP contribution in [0.25, 0.3) is 0 Å². The maximum absolute atomic E-state index is 13.4. The number of carbonyl (C=O) groups is 2. The van der Waals surface area contributed by atoms with E-state index in [-0.39, 0.29) is 18.5 Å². The second-order valence-electron chi connectivity index (χ2n) is 7.20. The fraction of sp³-hybridized carbons (Fsp3) is 0.556. The standard InChI is InChI=1S/C18H23F2N3O2/c1-12-7-13(2)10-22(9-12)17(24)11-21-5-6-23(18(21)25)14-3-4-15(19)16(20)8-14/h3-4,8,12-13H,5-7,9-11H2,1-2H3. The molecule has 0 N–H and O–H groups in total. The highest BCUT2D eigenvalue weighted by molar-refractivity contribution is 5.96. The van der Waals surface area contributed by atoms with Gasteiger partial charge < -0.3 is 9.80 Å². The van der Waals surface area contributed by atoms with E-state index in [1.54, 1.807) is 0 Å². The fourth-order valence-electron chi connectivity index (χ4n) is 3.75. The SMILES string of the molecule is CC1CC(C)CN(C(=O)CN2CCN(c3ccc(F)c(F)c3)C2=O)C1. The lowest BCUT2D eigenvalue weighted by atomic mass is 9.92. The molecule has 3 rings (SSSR count). The molecule has 2 atom stereocenters. The lowest BCUT2D eigenvalue weighted by molar-refractivity contribution is -0.134. The van der Waals surface area contributed by atoms with E-state index in [0.29, 0.717) is 30.6 Å². The zero-order valence-electron chi connectivity index (χ0n) is 14.5. The van der Waals surface area contributed by atoms with E-state index in [2.05, 4.69) is 13.8 Å². The Kier molecular flexibility index (Phi) is 4.92. The molecule has 7 heteroatoms. The van der Waals surface area contributed by atoms with E-state index < -0.39 is 11.6 Å². The summed E-state index contributed by atoms with van der Waals surface area (Å²) in [5.41, 5.74) is 0.305. The summed E-state index contributed by atoms with van der Waals surface area (Å²) in [6.07, 6.45) is 1.11. The van der Waals surface area contributed by atoms with Crippen molar-refractivity contribution in [1.29, 1.82) is 0 Å². The second-order valence-corrected chi connectivity index (χ2v) is 7.20. The molecule has 0 aliphatic carbocycles. The maximum Gasteiger partial charge on any atom is 0.325 e. The second kappa shape index (κ2) is 6.98. The van der Waals surface area contributed by atoms with Crippen LogP contribution >= 0.6 is 0 Å². The number of nitrogens with zero attached hydrogens (tertiary/aromatic N) is 3. The van der Waals surface area contributed by atoms with Crippen molar-refractivity contribution in [1.82, 2.24) is 9.80 Å². The molecule has 1 aromatic carbocycles. The minimum atomic E-state index is -0.990. The topological polar surface area (TPSA) is 43.9 Å². The molecule has 2 aliphatic heterocycles. The molecule has 0 radical (unpaired) electrons. The van der Waals surface area contributed by atoms with Gasteiger partial charge in [0.25, 0.3) is 0 Å². The zero-order valence-corrected chi connectivity index (χ0v) is 14.5. The van der Waals surface area contributed by atoms with Crippen molar-refractivity contribution in [2.75, 3.05) is 37.6 Å². The molecule has 2 saturated heterocycles. The first kappa shape index (κ1) is 17.6. The van der Waals surface area contributed by atoms with Gasteiger partial charge in [0.15, 0.2) is 11.6 Å². The first-order chi connectivity index (χ1) is 11.8. The number of likely N-dealkylation sites (tertiary alicyclic amines) is 1. The molecule has 2 heterocycles. The molecule has 3 amide bonds. The maximum atomic E-state index is 13.4. The Morgan fingerprint density at radius 3 is 2.44 bits per heavy atom. The highest BCUT2D eigenvalue weighted by Crippen LogP contribution is 2.24. The van der Waals surface area contributed by atoms with Crippen molar-refractivity contribution in [2.45, 2.75) is 20.3 Å².